The molecule has 0 aliphatic carbocycles. The summed E-state index contributed by atoms with van der Waals surface area (Å²) in [5, 5.41) is 22.8. The van der Waals surface area contributed by atoms with Gasteiger partial charge in [0.1, 0.15) is 6.04 Å². The number of nitrogens with one attached hydrogen (secondary N) is 2. The van der Waals surface area contributed by atoms with Crippen LogP contribution in [0.4, 0.5) is 0 Å². The average molecular weight is 233 g/mol. The van der Waals surface area contributed by atoms with Crippen LogP contribution in [0.3, 0.4) is 0 Å². The van der Waals surface area contributed by atoms with Crippen molar-refractivity contribution in [3.05, 3.63) is 0 Å². The van der Waals surface area contributed by atoms with Crippen molar-refractivity contribution < 1.29 is 19.8 Å². The molecular formula is C9H19N3O4. The van der Waals surface area contributed by atoms with Crippen molar-refractivity contribution in [3.63, 3.8) is 0 Å². The van der Waals surface area contributed by atoms with Crippen molar-refractivity contribution in [1.82, 2.24) is 10.6 Å². The standard InChI is InChI=1S/C9H19N3O4/c10-3-5-12-7(9(15)16)6-11-4-1-2-8(13)14/h7,11-12H,1-6,10H2,(H,13,14)(H,15,16). The maximum Gasteiger partial charge on any atom is 0.322 e. The summed E-state index contributed by atoms with van der Waals surface area (Å²) < 4.78 is 0. The molecular weight excluding hydrogens is 214 g/mol. The van der Waals surface area contributed by atoms with E-state index in [1.165, 1.54) is 0 Å². The van der Waals surface area contributed by atoms with Crippen LogP contribution in [-0.4, -0.2) is 54.4 Å². The van der Waals surface area contributed by atoms with E-state index in [9.17, 15) is 9.59 Å². The van der Waals surface area contributed by atoms with Crippen LogP contribution in [0.15, 0.2) is 0 Å². The number of hydrogen-bond donors (Lipinski definition) is 5. The Morgan fingerprint density at radius 1 is 1.25 bits per heavy atom. The molecule has 0 spiro atoms. The third kappa shape index (κ3) is 8.16. The van der Waals surface area contributed by atoms with Gasteiger partial charge in [-0.25, -0.2) is 0 Å². The lowest BCUT2D eigenvalue weighted by Crippen LogP contribution is -2.46. The highest BCUT2D eigenvalue weighted by atomic mass is 16.4. The highest BCUT2D eigenvalue weighted by molar-refractivity contribution is 5.73. The van der Waals surface area contributed by atoms with Crippen LogP contribution in [0.5, 0.6) is 0 Å². The Morgan fingerprint density at radius 2 is 1.94 bits per heavy atom. The van der Waals surface area contributed by atoms with Gasteiger partial charge in [0.25, 0.3) is 0 Å². The summed E-state index contributed by atoms with van der Waals surface area (Å²) in [6.45, 7) is 1.56. The van der Waals surface area contributed by atoms with Gasteiger partial charge in [-0.05, 0) is 13.0 Å². The van der Waals surface area contributed by atoms with Crippen molar-refractivity contribution in [1.29, 1.82) is 0 Å². The zero-order chi connectivity index (χ0) is 12.4. The second kappa shape index (κ2) is 9.08. The molecule has 1 atom stereocenters. The molecule has 0 saturated carbocycles. The maximum absolute atomic E-state index is 10.7. The highest BCUT2D eigenvalue weighted by Crippen LogP contribution is 1.87. The van der Waals surface area contributed by atoms with Crippen LogP contribution < -0.4 is 16.4 Å². The minimum atomic E-state index is -0.945. The predicted octanol–water partition coefficient (Wildman–Crippen LogP) is -1.56. The molecule has 0 aromatic heterocycles. The number of rotatable bonds is 10. The Hall–Kier alpha value is -1.18. The first-order valence-electron chi connectivity index (χ1n) is 5.16. The van der Waals surface area contributed by atoms with Crippen molar-refractivity contribution in [2.45, 2.75) is 18.9 Å². The summed E-state index contributed by atoms with van der Waals surface area (Å²) in [5.74, 6) is -1.79. The molecule has 0 aromatic carbocycles. The molecule has 0 aliphatic heterocycles. The molecule has 0 radical (unpaired) electrons. The fourth-order valence-electron chi connectivity index (χ4n) is 1.12. The van der Waals surface area contributed by atoms with E-state index in [-0.39, 0.29) is 13.0 Å². The maximum atomic E-state index is 10.7. The van der Waals surface area contributed by atoms with Gasteiger partial charge < -0.3 is 26.6 Å². The Labute approximate surface area is 94.0 Å². The van der Waals surface area contributed by atoms with Crippen molar-refractivity contribution in [2.75, 3.05) is 26.2 Å². The van der Waals surface area contributed by atoms with E-state index in [2.05, 4.69) is 10.6 Å². The molecule has 0 amide bonds. The van der Waals surface area contributed by atoms with E-state index < -0.39 is 18.0 Å². The molecule has 7 heteroatoms. The molecule has 0 aliphatic rings. The van der Waals surface area contributed by atoms with Gasteiger partial charge in [-0.3, -0.25) is 9.59 Å². The van der Waals surface area contributed by atoms with Gasteiger partial charge in [-0.2, -0.15) is 0 Å². The van der Waals surface area contributed by atoms with Crippen LogP contribution >= 0.6 is 0 Å². The van der Waals surface area contributed by atoms with E-state index in [1.54, 1.807) is 0 Å². The summed E-state index contributed by atoms with van der Waals surface area (Å²) in [7, 11) is 0. The molecule has 0 rings (SSSR count). The lowest BCUT2D eigenvalue weighted by molar-refractivity contribution is -0.139. The topological polar surface area (TPSA) is 125 Å². The molecule has 0 fully saturated rings. The summed E-state index contributed by atoms with van der Waals surface area (Å²) in [5.41, 5.74) is 5.25. The third-order valence-electron chi connectivity index (χ3n) is 1.93. The molecule has 94 valence electrons. The molecule has 0 aromatic rings. The highest BCUT2D eigenvalue weighted by Gasteiger charge is 2.14. The number of carboxylic acids is 2. The fraction of sp³-hybridized carbons (Fsp3) is 0.778. The molecule has 1 unspecified atom stereocenters. The van der Waals surface area contributed by atoms with Crippen molar-refractivity contribution in [2.24, 2.45) is 5.73 Å². The zero-order valence-corrected chi connectivity index (χ0v) is 9.11. The van der Waals surface area contributed by atoms with E-state index in [0.29, 0.717) is 26.1 Å². The van der Waals surface area contributed by atoms with Gasteiger partial charge in [-0.15, -0.1) is 0 Å². The SMILES string of the molecule is NCCNC(CNCCCC(=O)O)C(=O)O. The first-order valence-corrected chi connectivity index (χ1v) is 5.16. The smallest absolute Gasteiger partial charge is 0.322 e. The first-order chi connectivity index (χ1) is 7.57. The van der Waals surface area contributed by atoms with E-state index >= 15 is 0 Å². The molecule has 6 N–H and O–H groups in total. The monoisotopic (exact) mass is 233 g/mol. The Balaban J connectivity index is 3.60. The second-order valence-corrected chi connectivity index (χ2v) is 3.34. The Morgan fingerprint density at radius 3 is 2.44 bits per heavy atom. The van der Waals surface area contributed by atoms with Gasteiger partial charge in [0, 0.05) is 26.1 Å². The van der Waals surface area contributed by atoms with Crippen LogP contribution in [0.25, 0.3) is 0 Å². The zero-order valence-electron chi connectivity index (χ0n) is 9.11. The number of hydrogen-bond acceptors (Lipinski definition) is 5. The largest absolute Gasteiger partial charge is 0.481 e. The lowest BCUT2D eigenvalue weighted by Gasteiger charge is -2.14. The lowest BCUT2D eigenvalue weighted by atomic mass is 10.2. The van der Waals surface area contributed by atoms with Crippen LogP contribution in [0.2, 0.25) is 0 Å². The van der Waals surface area contributed by atoms with Crippen molar-refractivity contribution >= 4 is 11.9 Å². The van der Waals surface area contributed by atoms with Gasteiger partial charge in [-0.1, -0.05) is 0 Å². The summed E-state index contributed by atoms with van der Waals surface area (Å²) in [6, 6.07) is -0.687. The number of aliphatic carboxylic acids is 2. The summed E-state index contributed by atoms with van der Waals surface area (Å²) >= 11 is 0. The number of carboxylic acid groups (broad SMARTS) is 2. The normalized spacial score (nSPS) is 12.3. The average Bonchev–Trinajstić information content (AvgIpc) is 2.21. The van der Waals surface area contributed by atoms with Gasteiger partial charge in [0.05, 0.1) is 0 Å². The first kappa shape index (κ1) is 14.8. The fourth-order valence-corrected chi connectivity index (χ4v) is 1.12. The number of carbonyl (C=O) groups is 2. The van der Waals surface area contributed by atoms with Crippen molar-refractivity contribution in [3.8, 4) is 0 Å². The molecule has 7 nitrogen and oxygen atoms in total. The Kier molecular flexibility index (Phi) is 8.41. The van der Waals surface area contributed by atoms with E-state index in [0.717, 1.165) is 0 Å². The summed E-state index contributed by atoms with van der Waals surface area (Å²) in [4.78, 5) is 20.9. The van der Waals surface area contributed by atoms with E-state index in [4.69, 9.17) is 15.9 Å². The van der Waals surface area contributed by atoms with Gasteiger partial charge >= 0.3 is 11.9 Å². The van der Waals surface area contributed by atoms with Gasteiger partial charge in [0.15, 0.2) is 0 Å². The van der Waals surface area contributed by atoms with E-state index in [1.807, 2.05) is 0 Å². The number of nitrogens with two attached hydrogens (primary N) is 1. The molecule has 16 heavy (non-hydrogen) atoms. The predicted molar refractivity (Wildman–Crippen MR) is 58.2 cm³/mol. The van der Waals surface area contributed by atoms with Crippen LogP contribution in [0, 0.1) is 0 Å². The summed E-state index contributed by atoms with van der Waals surface area (Å²) in [6.07, 6.45) is 0.569. The minimum Gasteiger partial charge on any atom is -0.481 e. The molecule has 0 heterocycles. The minimum absolute atomic E-state index is 0.0843. The third-order valence-corrected chi connectivity index (χ3v) is 1.93. The Bertz CT molecular complexity index is 223. The van der Waals surface area contributed by atoms with Crippen LogP contribution in [0.1, 0.15) is 12.8 Å². The van der Waals surface area contributed by atoms with Gasteiger partial charge in [0.2, 0.25) is 0 Å². The molecule has 0 bridgehead atoms. The molecule has 0 saturated heterocycles. The second-order valence-electron chi connectivity index (χ2n) is 3.34. The quantitative estimate of drug-likeness (QED) is 0.289. The van der Waals surface area contributed by atoms with Crippen LogP contribution in [-0.2, 0) is 9.59 Å².